The summed E-state index contributed by atoms with van der Waals surface area (Å²) in [5.74, 6) is -1.11. The molecule has 0 radical (unpaired) electrons. The lowest BCUT2D eigenvalue weighted by Crippen LogP contribution is -2.36. The SMILES string of the molecule is Cc1cnc(C)c(N2CCCN(C(=O)c3ccc(F)cc3F)CC2)n1. The number of aromatic nitrogens is 2. The molecule has 0 atom stereocenters. The van der Waals surface area contributed by atoms with Gasteiger partial charge in [0.1, 0.15) is 17.5 Å². The molecular formula is C18H20F2N4O. The van der Waals surface area contributed by atoms with E-state index >= 15 is 0 Å². The zero-order valence-corrected chi connectivity index (χ0v) is 14.3. The molecule has 0 spiro atoms. The van der Waals surface area contributed by atoms with Crippen LogP contribution in [0.4, 0.5) is 14.6 Å². The number of carbonyl (C=O) groups excluding carboxylic acids is 1. The van der Waals surface area contributed by atoms with Crippen molar-refractivity contribution in [1.29, 1.82) is 0 Å². The van der Waals surface area contributed by atoms with E-state index in [0.29, 0.717) is 19.6 Å². The van der Waals surface area contributed by atoms with Gasteiger partial charge in [-0.2, -0.15) is 0 Å². The van der Waals surface area contributed by atoms with Crippen LogP contribution in [-0.2, 0) is 0 Å². The Morgan fingerprint density at radius 2 is 1.92 bits per heavy atom. The predicted molar refractivity (Wildman–Crippen MR) is 90.6 cm³/mol. The van der Waals surface area contributed by atoms with E-state index in [1.54, 1.807) is 11.1 Å². The minimum Gasteiger partial charge on any atom is -0.353 e. The Labute approximate surface area is 145 Å². The zero-order valence-electron chi connectivity index (χ0n) is 14.3. The molecule has 0 unspecified atom stereocenters. The second kappa shape index (κ2) is 7.13. The fourth-order valence-corrected chi connectivity index (χ4v) is 2.99. The Balaban J connectivity index is 1.75. The Bertz CT molecular complexity index is 797. The number of benzene rings is 1. The van der Waals surface area contributed by atoms with E-state index in [9.17, 15) is 13.6 Å². The van der Waals surface area contributed by atoms with E-state index in [0.717, 1.165) is 42.3 Å². The van der Waals surface area contributed by atoms with Gasteiger partial charge in [-0.25, -0.2) is 13.8 Å². The van der Waals surface area contributed by atoms with Gasteiger partial charge in [0.25, 0.3) is 5.91 Å². The molecule has 0 N–H and O–H groups in total. The lowest BCUT2D eigenvalue weighted by Gasteiger charge is -2.24. The maximum Gasteiger partial charge on any atom is 0.256 e. The van der Waals surface area contributed by atoms with Crippen molar-refractivity contribution in [3.05, 3.63) is 53.0 Å². The van der Waals surface area contributed by atoms with Gasteiger partial charge in [-0.3, -0.25) is 9.78 Å². The van der Waals surface area contributed by atoms with Crippen LogP contribution in [-0.4, -0.2) is 47.0 Å². The average Bonchev–Trinajstić information content (AvgIpc) is 2.82. The Morgan fingerprint density at radius 3 is 2.68 bits per heavy atom. The van der Waals surface area contributed by atoms with Gasteiger partial charge in [0.15, 0.2) is 0 Å². The third-order valence-electron chi connectivity index (χ3n) is 4.30. The summed E-state index contributed by atoms with van der Waals surface area (Å²) < 4.78 is 26.9. The number of nitrogens with zero attached hydrogens (tertiary/aromatic N) is 4. The minimum absolute atomic E-state index is 0.0959. The van der Waals surface area contributed by atoms with Crippen molar-refractivity contribution < 1.29 is 13.6 Å². The van der Waals surface area contributed by atoms with Crippen LogP contribution in [0.3, 0.4) is 0 Å². The standard InChI is InChI=1S/C18H20F2N4O/c1-12-11-21-13(2)17(22-12)23-6-3-7-24(9-8-23)18(25)15-5-4-14(19)10-16(15)20/h4-5,10-11H,3,6-9H2,1-2H3. The minimum atomic E-state index is -0.827. The number of anilines is 1. The number of amides is 1. The van der Waals surface area contributed by atoms with Crippen LogP contribution in [0, 0.1) is 25.5 Å². The van der Waals surface area contributed by atoms with Gasteiger partial charge in [-0.05, 0) is 32.4 Å². The van der Waals surface area contributed by atoms with Crippen molar-refractivity contribution in [3.8, 4) is 0 Å². The molecule has 7 heteroatoms. The third kappa shape index (κ3) is 3.75. The summed E-state index contributed by atoms with van der Waals surface area (Å²) in [4.78, 5) is 25.2. The second-order valence-corrected chi connectivity index (χ2v) is 6.18. The van der Waals surface area contributed by atoms with Crippen LogP contribution in [0.2, 0.25) is 0 Å². The highest BCUT2D eigenvalue weighted by Crippen LogP contribution is 2.19. The Morgan fingerprint density at radius 1 is 1.12 bits per heavy atom. The molecule has 0 bridgehead atoms. The van der Waals surface area contributed by atoms with Crippen LogP contribution in [0.25, 0.3) is 0 Å². The monoisotopic (exact) mass is 346 g/mol. The first-order chi connectivity index (χ1) is 12.0. The van der Waals surface area contributed by atoms with E-state index in [2.05, 4.69) is 14.9 Å². The Hall–Kier alpha value is -2.57. The molecule has 1 aliphatic heterocycles. The first kappa shape index (κ1) is 17.3. The molecule has 1 aromatic heterocycles. The molecule has 132 valence electrons. The summed E-state index contributed by atoms with van der Waals surface area (Å²) in [6.07, 6.45) is 2.47. The van der Waals surface area contributed by atoms with Crippen molar-refractivity contribution in [2.45, 2.75) is 20.3 Å². The number of rotatable bonds is 2. The summed E-state index contributed by atoms with van der Waals surface area (Å²) in [7, 11) is 0. The molecule has 0 saturated carbocycles. The van der Waals surface area contributed by atoms with Gasteiger partial charge >= 0.3 is 0 Å². The lowest BCUT2D eigenvalue weighted by atomic mass is 10.1. The first-order valence-electron chi connectivity index (χ1n) is 8.25. The fraction of sp³-hybridized carbons (Fsp3) is 0.389. The van der Waals surface area contributed by atoms with Gasteiger partial charge < -0.3 is 9.80 Å². The highest BCUT2D eigenvalue weighted by Gasteiger charge is 2.24. The molecule has 0 aliphatic carbocycles. The van der Waals surface area contributed by atoms with Gasteiger partial charge in [0.2, 0.25) is 0 Å². The molecule has 1 amide bonds. The predicted octanol–water partition coefficient (Wildman–Crippen LogP) is 2.72. The molecule has 1 saturated heterocycles. The molecular weight excluding hydrogens is 326 g/mol. The van der Waals surface area contributed by atoms with Crippen LogP contribution in [0.15, 0.2) is 24.4 Å². The number of carbonyl (C=O) groups is 1. The van der Waals surface area contributed by atoms with Crippen molar-refractivity contribution in [2.75, 3.05) is 31.1 Å². The van der Waals surface area contributed by atoms with E-state index in [1.165, 1.54) is 6.07 Å². The van der Waals surface area contributed by atoms with Crippen molar-refractivity contribution >= 4 is 11.7 Å². The van der Waals surface area contributed by atoms with Crippen LogP contribution in [0.1, 0.15) is 28.2 Å². The zero-order chi connectivity index (χ0) is 18.0. The second-order valence-electron chi connectivity index (χ2n) is 6.18. The summed E-state index contributed by atoms with van der Waals surface area (Å²) in [5, 5.41) is 0. The van der Waals surface area contributed by atoms with Gasteiger partial charge in [-0.1, -0.05) is 0 Å². The first-order valence-corrected chi connectivity index (χ1v) is 8.25. The molecule has 3 rings (SSSR count). The van der Waals surface area contributed by atoms with E-state index in [4.69, 9.17) is 0 Å². The van der Waals surface area contributed by atoms with Crippen molar-refractivity contribution in [2.24, 2.45) is 0 Å². The summed E-state index contributed by atoms with van der Waals surface area (Å²) in [6.45, 7) is 6.10. The van der Waals surface area contributed by atoms with E-state index < -0.39 is 17.5 Å². The maximum atomic E-state index is 13.9. The molecule has 1 aliphatic rings. The highest BCUT2D eigenvalue weighted by molar-refractivity contribution is 5.94. The number of halogens is 2. The normalized spacial score (nSPS) is 15.2. The van der Waals surface area contributed by atoms with Crippen LogP contribution < -0.4 is 4.90 Å². The fourth-order valence-electron chi connectivity index (χ4n) is 2.99. The van der Waals surface area contributed by atoms with Gasteiger partial charge in [0, 0.05) is 38.4 Å². The Kier molecular flexibility index (Phi) is 4.92. The van der Waals surface area contributed by atoms with E-state index in [-0.39, 0.29) is 5.56 Å². The van der Waals surface area contributed by atoms with Crippen molar-refractivity contribution in [1.82, 2.24) is 14.9 Å². The molecule has 1 fully saturated rings. The van der Waals surface area contributed by atoms with E-state index in [1.807, 2.05) is 13.8 Å². The number of hydrogen-bond donors (Lipinski definition) is 0. The topological polar surface area (TPSA) is 49.3 Å². The van der Waals surface area contributed by atoms with Crippen LogP contribution >= 0.6 is 0 Å². The molecule has 5 nitrogen and oxygen atoms in total. The smallest absolute Gasteiger partial charge is 0.256 e. The number of aryl methyl sites for hydroxylation is 2. The summed E-state index contributed by atoms with van der Waals surface area (Å²) in [5.41, 5.74) is 1.59. The highest BCUT2D eigenvalue weighted by atomic mass is 19.1. The summed E-state index contributed by atoms with van der Waals surface area (Å²) >= 11 is 0. The van der Waals surface area contributed by atoms with Gasteiger partial charge in [0.05, 0.1) is 17.0 Å². The quantitative estimate of drug-likeness (QED) is 0.839. The molecule has 2 heterocycles. The molecule has 25 heavy (non-hydrogen) atoms. The van der Waals surface area contributed by atoms with Crippen molar-refractivity contribution in [3.63, 3.8) is 0 Å². The number of hydrogen-bond acceptors (Lipinski definition) is 4. The molecule has 1 aromatic carbocycles. The van der Waals surface area contributed by atoms with Crippen LogP contribution in [0.5, 0.6) is 0 Å². The largest absolute Gasteiger partial charge is 0.353 e. The van der Waals surface area contributed by atoms with Gasteiger partial charge in [-0.15, -0.1) is 0 Å². The lowest BCUT2D eigenvalue weighted by molar-refractivity contribution is 0.0762. The molecule has 2 aromatic rings. The third-order valence-corrected chi connectivity index (χ3v) is 4.30. The summed E-state index contributed by atoms with van der Waals surface area (Å²) in [6, 6.07) is 3.04. The maximum absolute atomic E-state index is 13.9. The average molecular weight is 346 g/mol.